The van der Waals surface area contributed by atoms with Gasteiger partial charge in [-0.25, -0.2) is 4.68 Å². The van der Waals surface area contributed by atoms with Crippen molar-refractivity contribution in [1.29, 1.82) is 0 Å². The lowest BCUT2D eigenvalue weighted by Gasteiger charge is -2.34. The number of benzene rings is 10. The number of hydrogen-bond acceptors (Lipinski definition) is 12. The third-order valence-electron chi connectivity index (χ3n) is 17.7. The minimum absolute atomic E-state index is 0.332. The predicted octanol–water partition coefficient (Wildman–Crippen LogP) is 18.9. The van der Waals surface area contributed by atoms with E-state index in [4.69, 9.17) is 38.3 Å². The van der Waals surface area contributed by atoms with Gasteiger partial charge in [-0.1, -0.05) is 63.2 Å². The maximum atomic E-state index is 15.2. The molecule has 10 aromatic carbocycles. The van der Waals surface area contributed by atoms with Crippen LogP contribution in [0.25, 0.3) is 33.6 Å². The molecular formula is C79H75N5O8. The largest absolute Gasteiger partial charge is 0.497 e. The van der Waals surface area contributed by atoms with Gasteiger partial charge in [-0.3, -0.25) is 0 Å². The summed E-state index contributed by atoms with van der Waals surface area (Å²) in [5.41, 5.74) is 14.3. The molecule has 92 heavy (non-hydrogen) atoms. The van der Waals surface area contributed by atoms with Crippen molar-refractivity contribution in [3.63, 3.8) is 0 Å². The van der Waals surface area contributed by atoms with Crippen molar-refractivity contribution in [2.45, 2.75) is 57.3 Å². The molecule has 1 aromatic heterocycles. The number of nitrogens with zero attached hydrogens (tertiary/aromatic N) is 5. The molecule has 1 saturated heterocycles. The number of rotatable bonds is 19. The van der Waals surface area contributed by atoms with E-state index in [0.29, 0.717) is 12.2 Å². The van der Waals surface area contributed by atoms with Gasteiger partial charge in [0.2, 0.25) is 0 Å². The molecule has 2 heterocycles. The van der Waals surface area contributed by atoms with Crippen molar-refractivity contribution in [1.82, 2.24) is 9.78 Å². The SMILES string of the molecule is COc1ccc(N(c2ccc(OC)cc2)c2ccc(-c3cc(-c4ccc(C(C)(C)C)cc4C4(O)c5cc(N(c6ccc(OC)cc6)c6ccc(OC)cc6)ccc5-c5ccc(N(c6ccc(OC)cc6)c6ccc(OC)cc6)cc54)n(C4CCCCO4)n3)cc2)cc1. The van der Waals surface area contributed by atoms with Gasteiger partial charge < -0.3 is 53.0 Å². The number of aromatic nitrogens is 2. The molecule has 0 radical (unpaired) electrons. The highest BCUT2D eigenvalue weighted by atomic mass is 16.5. The maximum absolute atomic E-state index is 15.2. The quantitative estimate of drug-likeness (QED) is 0.0832. The molecule has 0 bridgehead atoms. The van der Waals surface area contributed by atoms with Crippen LogP contribution < -0.4 is 43.1 Å². The minimum Gasteiger partial charge on any atom is -0.497 e. The zero-order chi connectivity index (χ0) is 63.7. The van der Waals surface area contributed by atoms with Crippen LogP contribution in [0.4, 0.5) is 51.2 Å². The maximum Gasteiger partial charge on any atom is 0.150 e. The molecule has 0 spiro atoms. The van der Waals surface area contributed by atoms with Crippen LogP contribution in [0.2, 0.25) is 0 Å². The topological polar surface area (TPSA) is 112 Å². The van der Waals surface area contributed by atoms with Crippen LogP contribution in [-0.2, 0) is 15.8 Å². The van der Waals surface area contributed by atoms with Gasteiger partial charge in [-0.05, 0) is 229 Å². The summed E-state index contributed by atoms with van der Waals surface area (Å²) in [7, 11) is 10.0. The second-order valence-electron chi connectivity index (χ2n) is 24.1. The van der Waals surface area contributed by atoms with Crippen LogP contribution in [0.3, 0.4) is 0 Å². The zero-order valence-electron chi connectivity index (χ0n) is 53.4. The van der Waals surface area contributed by atoms with Crippen molar-refractivity contribution in [2.24, 2.45) is 0 Å². The fourth-order valence-electron chi connectivity index (χ4n) is 12.8. The van der Waals surface area contributed by atoms with Gasteiger partial charge in [0, 0.05) is 85.6 Å². The van der Waals surface area contributed by atoms with Crippen molar-refractivity contribution in [3.05, 3.63) is 253 Å². The molecule has 13 heteroatoms. The average Bonchev–Trinajstić information content (AvgIpc) is 1.53. The van der Waals surface area contributed by atoms with E-state index in [0.717, 1.165) is 155 Å². The molecule has 11 aromatic rings. The molecule has 1 fully saturated rings. The standard InChI is InChI=1S/C79H75N5O8/c1-78(2,3)53-15-44-71(76-51-75(80-84(76)77-12-10-11-47-92-77)52-13-16-54(17-14-52)81(55-18-32-63(86-4)33-19-55)56-20-34-64(87-5)35-21-56)72(48-53)79(85)73-49-61(82(57-22-36-65(88-6)37-23-57)58-24-38-66(89-7)39-25-58)30-45-69(73)70-46-31-62(50-74(70)79)83(59-26-40-67(90-8)41-27-59)60-28-42-68(91-9)43-29-60/h13-46,48-51,77,85H,10-12,47H2,1-9H3. The van der Waals surface area contributed by atoms with E-state index in [9.17, 15) is 0 Å². The molecular weight excluding hydrogens is 1150 g/mol. The van der Waals surface area contributed by atoms with Crippen LogP contribution in [0, 0.1) is 0 Å². The van der Waals surface area contributed by atoms with Gasteiger partial charge in [0.1, 0.15) is 40.1 Å². The van der Waals surface area contributed by atoms with Gasteiger partial charge in [0.15, 0.2) is 6.23 Å². The first kappa shape index (κ1) is 60.4. The monoisotopic (exact) mass is 1220 g/mol. The predicted molar refractivity (Wildman–Crippen MR) is 368 cm³/mol. The molecule has 1 N–H and O–H groups in total. The molecule has 1 aliphatic heterocycles. The summed E-state index contributed by atoms with van der Waals surface area (Å²) in [5, 5.41) is 20.8. The fourth-order valence-corrected chi connectivity index (χ4v) is 12.8. The number of methoxy groups -OCH3 is 6. The lowest BCUT2D eigenvalue weighted by molar-refractivity contribution is -0.0382. The lowest BCUT2D eigenvalue weighted by Crippen LogP contribution is -2.29. The highest BCUT2D eigenvalue weighted by Crippen LogP contribution is 2.57. The molecule has 2 aliphatic rings. The van der Waals surface area contributed by atoms with E-state index in [1.807, 2.05) is 72.8 Å². The average molecular weight is 1220 g/mol. The first-order chi connectivity index (χ1) is 44.8. The van der Waals surface area contributed by atoms with Crippen molar-refractivity contribution in [2.75, 3.05) is 64.0 Å². The minimum atomic E-state index is -1.80. The van der Waals surface area contributed by atoms with E-state index in [1.165, 1.54) is 0 Å². The Morgan fingerprint density at radius 1 is 0.402 bits per heavy atom. The molecule has 1 aliphatic carbocycles. The Labute approximate surface area is 538 Å². The number of ether oxygens (including phenoxy) is 7. The lowest BCUT2D eigenvalue weighted by atomic mass is 9.77. The van der Waals surface area contributed by atoms with Crippen molar-refractivity contribution < 1.29 is 38.3 Å². The van der Waals surface area contributed by atoms with Gasteiger partial charge in [-0.15, -0.1) is 0 Å². The van der Waals surface area contributed by atoms with Gasteiger partial charge in [-0.2, -0.15) is 5.10 Å². The van der Waals surface area contributed by atoms with E-state index in [1.54, 1.807) is 42.7 Å². The van der Waals surface area contributed by atoms with Crippen LogP contribution in [0.15, 0.2) is 231 Å². The highest BCUT2D eigenvalue weighted by Gasteiger charge is 2.47. The van der Waals surface area contributed by atoms with Crippen molar-refractivity contribution >= 4 is 51.2 Å². The molecule has 13 nitrogen and oxygen atoms in total. The molecule has 13 rings (SSSR count). The second-order valence-corrected chi connectivity index (χ2v) is 24.1. The number of aliphatic hydroxyl groups is 1. The smallest absolute Gasteiger partial charge is 0.150 e. The van der Waals surface area contributed by atoms with Crippen LogP contribution in [-0.4, -0.2) is 64.2 Å². The molecule has 464 valence electrons. The molecule has 1 atom stereocenters. The summed E-state index contributed by atoms with van der Waals surface area (Å²) in [5.74, 6) is 4.49. The van der Waals surface area contributed by atoms with Crippen LogP contribution in [0.5, 0.6) is 34.5 Å². The Balaban J connectivity index is 1.03. The van der Waals surface area contributed by atoms with Crippen LogP contribution >= 0.6 is 0 Å². The van der Waals surface area contributed by atoms with Crippen molar-refractivity contribution in [3.8, 4) is 68.1 Å². The Morgan fingerprint density at radius 2 is 0.728 bits per heavy atom. The van der Waals surface area contributed by atoms with E-state index >= 15 is 5.11 Å². The third kappa shape index (κ3) is 11.5. The number of anilines is 9. The van der Waals surface area contributed by atoms with Gasteiger partial charge in [0.25, 0.3) is 0 Å². The van der Waals surface area contributed by atoms with Crippen LogP contribution in [0.1, 0.15) is 68.5 Å². The fraction of sp³-hybridized carbons (Fsp3) is 0.203. The normalized spacial score (nSPS) is 14.0. The second kappa shape index (κ2) is 25.4. The first-order valence-corrected chi connectivity index (χ1v) is 31.0. The molecule has 1 unspecified atom stereocenters. The number of hydrogen-bond donors (Lipinski definition) is 1. The summed E-state index contributed by atoms with van der Waals surface area (Å²) in [6.07, 6.45) is 2.33. The van der Waals surface area contributed by atoms with E-state index in [-0.39, 0.29) is 11.6 Å². The van der Waals surface area contributed by atoms with Gasteiger partial charge >= 0.3 is 0 Å². The Hall–Kier alpha value is -10.5. The third-order valence-corrected chi connectivity index (χ3v) is 17.7. The first-order valence-electron chi connectivity index (χ1n) is 31.0. The Morgan fingerprint density at radius 3 is 1.07 bits per heavy atom. The summed E-state index contributed by atoms with van der Waals surface area (Å²) in [4.78, 5) is 6.62. The summed E-state index contributed by atoms with van der Waals surface area (Å²) in [6, 6.07) is 78.6. The molecule has 0 amide bonds. The Bertz CT molecular complexity index is 4080. The van der Waals surface area contributed by atoms with E-state index in [2.05, 4.69) is 198 Å². The molecule has 0 saturated carbocycles. The summed E-state index contributed by atoms with van der Waals surface area (Å²) in [6.45, 7) is 7.26. The summed E-state index contributed by atoms with van der Waals surface area (Å²) >= 11 is 0. The van der Waals surface area contributed by atoms with Gasteiger partial charge in [0.05, 0.1) is 54.0 Å². The number of fused-ring (bicyclic) bond motifs is 3. The highest BCUT2D eigenvalue weighted by molar-refractivity contribution is 5.91. The zero-order valence-corrected chi connectivity index (χ0v) is 53.4. The van der Waals surface area contributed by atoms with E-state index < -0.39 is 5.60 Å². The summed E-state index contributed by atoms with van der Waals surface area (Å²) < 4.78 is 42.6. The Kier molecular flexibility index (Phi) is 16.7.